The van der Waals surface area contributed by atoms with Crippen molar-refractivity contribution >= 4 is 35.5 Å². The number of thioether (sulfide) groups is 1. The molecule has 3 atom stereocenters. The lowest BCUT2D eigenvalue weighted by molar-refractivity contribution is -0.155. The topological polar surface area (TPSA) is 92.8 Å². The number of ether oxygens (including phenoxy) is 1. The SMILES string of the molecule is CC(C)[C@H](C(=O)O[C@@H]1CSC[C@H]1NC(=O)c1ccccc1)N1C(=O)c2ccccc2C1=O. The molecule has 0 radical (unpaired) electrons. The van der Waals surface area contributed by atoms with Gasteiger partial charge in [-0.25, -0.2) is 4.79 Å². The summed E-state index contributed by atoms with van der Waals surface area (Å²) >= 11 is 1.57. The first kappa shape index (κ1) is 22.1. The Morgan fingerprint density at radius 3 is 2.16 bits per heavy atom. The summed E-state index contributed by atoms with van der Waals surface area (Å²) < 4.78 is 5.77. The van der Waals surface area contributed by atoms with Gasteiger partial charge in [-0.3, -0.25) is 19.3 Å². The number of carbonyl (C=O) groups is 4. The summed E-state index contributed by atoms with van der Waals surface area (Å²) in [5.74, 6) is -1.06. The van der Waals surface area contributed by atoms with Crippen LogP contribution in [0.2, 0.25) is 0 Å². The van der Waals surface area contributed by atoms with Gasteiger partial charge in [0.05, 0.1) is 17.2 Å². The molecule has 2 aromatic rings. The minimum atomic E-state index is -1.04. The van der Waals surface area contributed by atoms with Crippen LogP contribution in [-0.4, -0.2) is 58.3 Å². The number of carbonyl (C=O) groups excluding carboxylic acids is 4. The van der Waals surface area contributed by atoms with Crippen LogP contribution in [-0.2, 0) is 9.53 Å². The molecule has 32 heavy (non-hydrogen) atoms. The van der Waals surface area contributed by atoms with Gasteiger partial charge >= 0.3 is 5.97 Å². The van der Waals surface area contributed by atoms with Crippen LogP contribution in [0, 0.1) is 5.92 Å². The molecule has 2 aliphatic rings. The molecule has 1 N–H and O–H groups in total. The third kappa shape index (κ3) is 4.14. The number of fused-ring (bicyclic) bond motifs is 1. The van der Waals surface area contributed by atoms with E-state index in [2.05, 4.69) is 5.32 Å². The van der Waals surface area contributed by atoms with Crippen molar-refractivity contribution in [2.75, 3.05) is 11.5 Å². The largest absolute Gasteiger partial charge is 0.458 e. The smallest absolute Gasteiger partial charge is 0.330 e. The third-order valence-electron chi connectivity index (χ3n) is 5.62. The van der Waals surface area contributed by atoms with Crippen LogP contribution >= 0.6 is 11.8 Å². The third-order valence-corrected chi connectivity index (χ3v) is 6.78. The van der Waals surface area contributed by atoms with Crippen LogP contribution < -0.4 is 5.32 Å². The number of benzene rings is 2. The van der Waals surface area contributed by atoms with Gasteiger partial charge < -0.3 is 10.1 Å². The van der Waals surface area contributed by atoms with E-state index in [9.17, 15) is 19.2 Å². The van der Waals surface area contributed by atoms with Crippen molar-refractivity contribution in [2.24, 2.45) is 5.92 Å². The zero-order valence-corrected chi connectivity index (χ0v) is 18.6. The molecule has 0 aromatic heterocycles. The summed E-state index contributed by atoms with van der Waals surface area (Å²) in [6.07, 6.45) is -0.545. The van der Waals surface area contributed by atoms with Gasteiger partial charge in [-0.1, -0.05) is 44.2 Å². The lowest BCUT2D eigenvalue weighted by Crippen LogP contribution is -2.51. The summed E-state index contributed by atoms with van der Waals surface area (Å²) in [6, 6.07) is 14.0. The number of esters is 1. The molecule has 0 unspecified atom stereocenters. The maximum Gasteiger partial charge on any atom is 0.330 e. The van der Waals surface area contributed by atoms with Crippen molar-refractivity contribution in [1.29, 1.82) is 0 Å². The maximum atomic E-state index is 13.2. The Hall–Kier alpha value is -3.13. The van der Waals surface area contributed by atoms with Gasteiger partial charge in [0.15, 0.2) is 0 Å². The second-order valence-electron chi connectivity index (χ2n) is 8.17. The van der Waals surface area contributed by atoms with Crippen molar-refractivity contribution in [3.8, 4) is 0 Å². The summed E-state index contributed by atoms with van der Waals surface area (Å²) in [7, 11) is 0. The maximum absolute atomic E-state index is 13.2. The Labute approximate surface area is 190 Å². The molecule has 166 valence electrons. The molecule has 3 amide bonds. The molecule has 2 aliphatic heterocycles. The highest BCUT2D eigenvalue weighted by molar-refractivity contribution is 7.99. The Morgan fingerprint density at radius 1 is 0.969 bits per heavy atom. The fourth-order valence-corrected chi connectivity index (χ4v) is 5.20. The summed E-state index contributed by atoms with van der Waals surface area (Å²) in [6.45, 7) is 3.54. The Balaban J connectivity index is 1.48. The monoisotopic (exact) mass is 452 g/mol. The molecule has 7 nitrogen and oxygen atoms in total. The van der Waals surface area contributed by atoms with Gasteiger partial charge in [-0.15, -0.1) is 0 Å². The van der Waals surface area contributed by atoms with E-state index in [4.69, 9.17) is 4.74 Å². The Kier molecular flexibility index (Phi) is 6.32. The number of rotatable bonds is 6. The van der Waals surface area contributed by atoms with Crippen LogP contribution in [0.15, 0.2) is 54.6 Å². The van der Waals surface area contributed by atoms with E-state index in [-0.39, 0.29) is 17.9 Å². The standard InChI is InChI=1S/C24H24N2O5S/c1-14(2)20(26-22(28)16-10-6-7-11-17(16)23(26)29)24(30)31-19-13-32-12-18(19)25-21(27)15-8-4-3-5-9-15/h3-11,14,18-20H,12-13H2,1-2H3,(H,25,27)/t18-,19-,20-/m1/s1. The zero-order chi connectivity index (χ0) is 22.8. The number of nitrogens with zero attached hydrogens (tertiary/aromatic N) is 1. The Morgan fingerprint density at radius 2 is 1.56 bits per heavy atom. The molecule has 0 bridgehead atoms. The Bertz CT molecular complexity index is 1020. The van der Waals surface area contributed by atoms with Gasteiger partial charge in [0.2, 0.25) is 0 Å². The number of nitrogens with one attached hydrogen (secondary N) is 1. The van der Waals surface area contributed by atoms with Crippen LogP contribution in [0.4, 0.5) is 0 Å². The van der Waals surface area contributed by atoms with E-state index in [0.717, 1.165) is 4.90 Å². The molecule has 0 spiro atoms. The minimum Gasteiger partial charge on any atom is -0.458 e. The first-order chi connectivity index (χ1) is 15.4. The van der Waals surface area contributed by atoms with Gasteiger partial charge in [0, 0.05) is 17.1 Å². The van der Waals surface area contributed by atoms with E-state index in [1.165, 1.54) is 0 Å². The van der Waals surface area contributed by atoms with Gasteiger partial charge in [0.1, 0.15) is 12.1 Å². The highest BCUT2D eigenvalue weighted by Gasteiger charge is 2.46. The summed E-state index contributed by atoms with van der Waals surface area (Å²) in [5, 5.41) is 2.94. The fourth-order valence-electron chi connectivity index (χ4n) is 3.98. The summed E-state index contributed by atoms with van der Waals surface area (Å²) in [5.41, 5.74) is 1.11. The van der Waals surface area contributed by atoms with Crippen LogP contribution in [0.25, 0.3) is 0 Å². The van der Waals surface area contributed by atoms with E-state index in [0.29, 0.717) is 28.2 Å². The first-order valence-electron chi connectivity index (χ1n) is 10.5. The van der Waals surface area contributed by atoms with Crippen molar-refractivity contribution in [2.45, 2.75) is 32.0 Å². The molecular weight excluding hydrogens is 428 g/mol. The molecule has 0 saturated carbocycles. The van der Waals surface area contributed by atoms with Gasteiger partial charge in [-0.05, 0) is 30.2 Å². The highest BCUT2D eigenvalue weighted by Crippen LogP contribution is 2.29. The number of hydrogen-bond donors (Lipinski definition) is 1. The van der Waals surface area contributed by atoms with Crippen LogP contribution in [0.5, 0.6) is 0 Å². The molecule has 2 aromatic carbocycles. The number of hydrogen-bond acceptors (Lipinski definition) is 6. The first-order valence-corrected chi connectivity index (χ1v) is 11.6. The lowest BCUT2D eigenvalue weighted by Gasteiger charge is -2.30. The van der Waals surface area contributed by atoms with E-state index in [1.54, 1.807) is 74.1 Å². The fraction of sp³-hybridized carbons (Fsp3) is 0.333. The van der Waals surface area contributed by atoms with Gasteiger partial charge in [0.25, 0.3) is 17.7 Å². The van der Waals surface area contributed by atoms with Crippen molar-refractivity contribution in [3.63, 3.8) is 0 Å². The van der Waals surface area contributed by atoms with Crippen LogP contribution in [0.3, 0.4) is 0 Å². The predicted molar refractivity (Wildman–Crippen MR) is 120 cm³/mol. The highest BCUT2D eigenvalue weighted by atomic mass is 32.2. The van der Waals surface area contributed by atoms with E-state index >= 15 is 0 Å². The minimum absolute atomic E-state index is 0.236. The van der Waals surface area contributed by atoms with Crippen molar-refractivity contribution < 1.29 is 23.9 Å². The molecule has 1 saturated heterocycles. The normalized spacial score (nSPS) is 20.9. The quantitative estimate of drug-likeness (QED) is 0.535. The molecule has 1 fully saturated rings. The summed E-state index contributed by atoms with van der Waals surface area (Å²) in [4.78, 5) is 52.5. The van der Waals surface area contributed by atoms with Crippen molar-refractivity contribution in [1.82, 2.24) is 10.2 Å². The number of imide groups is 1. The van der Waals surface area contributed by atoms with E-state index < -0.39 is 29.9 Å². The molecule has 4 rings (SSSR count). The second-order valence-corrected chi connectivity index (χ2v) is 9.25. The predicted octanol–water partition coefficient (Wildman–Crippen LogP) is 2.76. The lowest BCUT2D eigenvalue weighted by atomic mass is 10.0. The van der Waals surface area contributed by atoms with Crippen molar-refractivity contribution in [3.05, 3.63) is 71.3 Å². The molecule has 0 aliphatic carbocycles. The average molecular weight is 453 g/mol. The molecule has 8 heteroatoms. The van der Waals surface area contributed by atoms with Gasteiger partial charge in [-0.2, -0.15) is 11.8 Å². The zero-order valence-electron chi connectivity index (χ0n) is 17.8. The molecule has 2 heterocycles. The molecular formula is C24H24N2O5S. The average Bonchev–Trinajstić information content (AvgIpc) is 3.32. The number of amides is 3. The van der Waals surface area contributed by atoms with E-state index in [1.807, 2.05) is 6.07 Å². The van der Waals surface area contributed by atoms with Crippen LogP contribution in [0.1, 0.15) is 44.9 Å². The second kappa shape index (κ2) is 9.16.